The molecular weight excluding hydrogens is 542 g/mol. The van der Waals surface area contributed by atoms with Crippen molar-refractivity contribution in [2.24, 2.45) is 5.10 Å². The molecule has 1 N–H and O–H groups in total. The van der Waals surface area contributed by atoms with Crippen LogP contribution in [-0.2, 0) is 21.4 Å². The van der Waals surface area contributed by atoms with Gasteiger partial charge < -0.3 is 14.2 Å². The van der Waals surface area contributed by atoms with Crippen LogP contribution in [0.1, 0.15) is 16.7 Å². The summed E-state index contributed by atoms with van der Waals surface area (Å²) in [4.78, 5) is 12.8. The third-order valence-electron chi connectivity index (χ3n) is 6.08. The number of carbonyl (C=O) groups is 1. The second-order valence-corrected chi connectivity index (χ2v) is 10.9. The van der Waals surface area contributed by atoms with E-state index in [0.29, 0.717) is 23.8 Å². The Morgan fingerprint density at radius 2 is 1.56 bits per heavy atom. The van der Waals surface area contributed by atoms with E-state index in [1.165, 1.54) is 38.6 Å². The summed E-state index contributed by atoms with van der Waals surface area (Å²) >= 11 is 0. The molecule has 0 unspecified atom stereocenters. The standard InChI is InChI=1S/C31H31N3O6S/c1-23-9-13-26(14-10-23)34(41(36,37)28-17-18-29(38-2)30(19-28)39-3)21-31(35)33-32-20-24-11-15-27(16-12-24)40-22-25-7-5-4-6-8-25/h4-20H,21-22H2,1-3H3,(H,33,35)/b32-20-. The Morgan fingerprint density at radius 1 is 0.878 bits per heavy atom. The molecule has 4 aromatic rings. The Labute approximate surface area is 240 Å². The average Bonchev–Trinajstić information content (AvgIpc) is 3.00. The molecule has 9 nitrogen and oxygen atoms in total. The van der Waals surface area contributed by atoms with Gasteiger partial charge in [-0.05, 0) is 66.6 Å². The number of benzene rings is 4. The smallest absolute Gasteiger partial charge is 0.264 e. The van der Waals surface area contributed by atoms with Crippen LogP contribution in [0.4, 0.5) is 5.69 Å². The molecule has 4 aromatic carbocycles. The van der Waals surface area contributed by atoms with Crippen LogP contribution < -0.4 is 23.9 Å². The summed E-state index contributed by atoms with van der Waals surface area (Å²) in [6, 6.07) is 28.2. The van der Waals surface area contributed by atoms with Crippen LogP contribution in [0.5, 0.6) is 17.2 Å². The molecule has 0 atom stereocenters. The highest BCUT2D eigenvalue weighted by atomic mass is 32.2. The minimum Gasteiger partial charge on any atom is -0.493 e. The second-order valence-electron chi connectivity index (χ2n) is 9.00. The van der Waals surface area contributed by atoms with E-state index in [4.69, 9.17) is 14.2 Å². The first kappa shape index (κ1) is 29.2. The predicted octanol–water partition coefficient (Wildman–Crippen LogP) is 4.94. The van der Waals surface area contributed by atoms with Crippen molar-refractivity contribution in [2.75, 3.05) is 25.1 Å². The van der Waals surface area contributed by atoms with Crippen LogP contribution in [0.25, 0.3) is 0 Å². The summed E-state index contributed by atoms with van der Waals surface area (Å²) in [5.41, 5.74) is 5.48. The lowest BCUT2D eigenvalue weighted by Gasteiger charge is -2.24. The molecule has 0 heterocycles. The highest BCUT2D eigenvalue weighted by Gasteiger charge is 2.28. The van der Waals surface area contributed by atoms with E-state index >= 15 is 0 Å². The Kier molecular flexibility index (Phi) is 9.60. The number of hydrogen-bond acceptors (Lipinski definition) is 7. The molecule has 212 valence electrons. The predicted molar refractivity (Wildman–Crippen MR) is 158 cm³/mol. The molecule has 0 bridgehead atoms. The highest BCUT2D eigenvalue weighted by molar-refractivity contribution is 7.92. The average molecular weight is 574 g/mol. The summed E-state index contributed by atoms with van der Waals surface area (Å²) in [6.07, 6.45) is 1.47. The Bertz CT molecular complexity index is 1590. The molecule has 1 amide bonds. The van der Waals surface area contributed by atoms with Crippen LogP contribution in [0, 0.1) is 6.92 Å². The van der Waals surface area contributed by atoms with Gasteiger partial charge in [0.2, 0.25) is 0 Å². The van der Waals surface area contributed by atoms with Crippen molar-refractivity contribution in [2.45, 2.75) is 18.4 Å². The van der Waals surface area contributed by atoms with Gasteiger partial charge in [0.15, 0.2) is 11.5 Å². The van der Waals surface area contributed by atoms with E-state index in [0.717, 1.165) is 21.0 Å². The van der Waals surface area contributed by atoms with Crippen molar-refractivity contribution < 1.29 is 27.4 Å². The van der Waals surface area contributed by atoms with Gasteiger partial charge in [0.25, 0.3) is 15.9 Å². The molecule has 0 saturated heterocycles. The molecule has 0 saturated carbocycles. The fourth-order valence-corrected chi connectivity index (χ4v) is 5.30. The van der Waals surface area contributed by atoms with Crippen LogP contribution in [-0.4, -0.2) is 41.3 Å². The number of aryl methyl sites for hydroxylation is 1. The Balaban J connectivity index is 1.45. The van der Waals surface area contributed by atoms with Crippen molar-refractivity contribution in [3.8, 4) is 17.2 Å². The first-order valence-corrected chi connectivity index (χ1v) is 14.1. The maximum absolute atomic E-state index is 13.7. The number of hydrazone groups is 1. The summed E-state index contributed by atoms with van der Waals surface area (Å²) in [6.45, 7) is 1.84. The van der Waals surface area contributed by atoms with Gasteiger partial charge in [-0.2, -0.15) is 5.10 Å². The zero-order chi connectivity index (χ0) is 29.2. The number of amides is 1. The third-order valence-corrected chi connectivity index (χ3v) is 7.85. The first-order valence-electron chi connectivity index (χ1n) is 12.7. The first-order chi connectivity index (χ1) is 19.8. The number of anilines is 1. The number of carbonyl (C=O) groups excluding carboxylic acids is 1. The van der Waals surface area contributed by atoms with Gasteiger partial charge in [-0.25, -0.2) is 13.8 Å². The number of rotatable bonds is 12. The van der Waals surface area contributed by atoms with Gasteiger partial charge in [-0.15, -0.1) is 0 Å². The topological polar surface area (TPSA) is 107 Å². The summed E-state index contributed by atoms with van der Waals surface area (Å²) in [5, 5.41) is 4.01. The van der Waals surface area contributed by atoms with Crippen molar-refractivity contribution in [3.05, 3.63) is 114 Å². The van der Waals surface area contributed by atoms with Gasteiger partial charge in [-0.3, -0.25) is 9.10 Å². The molecule has 0 fully saturated rings. The molecule has 0 aliphatic heterocycles. The molecule has 0 aliphatic carbocycles. The number of methoxy groups -OCH3 is 2. The summed E-state index contributed by atoms with van der Waals surface area (Å²) < 4.78 is 44.7. The lowest BCUT2D eigenvalue weighted by molar-refractivity contribution is -0.119. The molecule has 4 rings (SSSR count). The Morgan fingerprint density at radius 3 is 2.22 bits per heavy atom. The maximum atomic E-state index is 13.7. The van der Waals surface area contributed by atoms with E-state index < -0.39 is 22.5 Å². The highest BCUT2D eigenvalue weighted by Crippen LogP contribution is 2.32. The number of nitrogens with zero attached hydrogens (tertiary/aromatic N) is 2. The maximum Gasteiger partial charge on any atom is 0.264 e. The van der Waals surface area contributed by atoms with Gasteiger partial charge in [0, 0.05) is 6.07 Å². The molecule has 10 heteroatoms. The molecule has 0 aromatic heterocycles. The van der Waals surface area contributed by atoms with Crippen LogP contribution in [0.3, 0.4) is 0 Å². The molecular formula is C31H31N3O6S. The quantitative estimate of drug-likeness (QED) is 0.190. The van der Waals surface area contributed by atoms with Crippen molar-refractivity contribution >= 4 is 27.8 Å². The van der Waals surface area contributed by atoms with Crippen LogP contribution in [0.15, 0.2) is 107 Å². The van der Waals surface area contributed by atoms with E-state index in [1.54, 1.807) is 48.5 Å². The van der Waals surface area contributed by atoms with Gasteiger partial charge in [-0.1, -0.05) is 48.0 Å². The fraction of sp³-hybridized carbons (Fsp3) is 0.161. The summed E-state index contributed by atoms with van der Waals surface area (Å²) in [5.74, 6) is 0.719. The Hall–Kier alpha value is -4.83. The fourth-order valence-electron chi connectivity index (χ4n) is 3.87. The number of sulfonamides is 1. The number of ether oxygens (including phenoxy) is 3. The minimum atomic E-state index is -4.16. The normalized spacial score (nSPS) is 11.2. The lowest BCUT2D eigenvalue weighted by atomic mass is 10.2. The van der Waals surface area contributed by atoms with E-state index in [1.807, 2.05) is 37.3 Å². The van der Waals surface area contributed by atoms with Gasteiger partial charge in [0.1, 0.15) is 18.9 Å². The van der Waals surface area contributed by atoms with Crippen LogP contribution in [0.2, 0.25) is 0 Å². The van der Waals surface area contributed by atoms with Gasteiger partial charge in [0.05, 0.1) is 31.0 Å². The minimum absolute atomic E-state index is 0.0541. The van der Waals surface area contributed by atoms with E-state index in [9.17, 15) is 13.2 Å². The molecule has 0 aliphatic rings. The van der Waals surface area contributed by atoms with E-state index in [-0.39, 0.29) is 10.6 Å². The largest absolute Gasteiger partial charge is 0.493 e. The van der Waals surface area contributed by atoms with E-state index in [2.05, 4.69) is 10.5 Å². The zero-order valence-electron chi connectivity index (χ0n) is 23.0. The number of hydrogen-bond donors (Lipinski definition) is 1. The zero-order valence-corrected chi connectivity index (χ0v) is 23.8. The third kappa shape index (κ3) is 7.64. The number of nitrogens with one attached hydrogen (secondary N) is 1. The van der Waals surface area contributed by atoms with Crippen molar-refractivity contribution in [1.29, 1.82) is 0 Å². The second kappa shape index (κ2) is 13.5. The lowest BCUT2D eigenvalue weighted by Crippen LogP contribution is -2.39. The van der Waals surface area contributed by atoms with Gasteiger partial charge >= 0.3 is 0 Å². The molecule has 0 spiro atoms. The molecule has 0 radical (unpaired) electrons. The van der Waals surface area contributed by atoms with Crippen molar-refractivity contribution in [1.82, 2.24) is 5.43 Å². The summed E-state index contributed by atoms with van der Waals surface area (Å²) in [7, 11) is -1.27. The van der Waals surface area contributed by atoms with Crippen LogP contribution >= 0.6 is 0 Å². The van der Waals surface area contributed by atoms with Crippen molar-refractivity contribution in [3.63, 3.8) is 0 Å². The monoisotopic (exact) mass is 573 g/mol. The SMILES string of the molecule is COc1ccc(S(=O)(=O)N(CC(=O)N/N=C\c2ccc(OCc3ccccc3)cc2)c2ccc(C)cc2)cc1OC. The molecule has 41 heavy (non-hydrogen) atoms.